The van der Waals surface area contributed by atoms with E-state index >= 15 is 0 Å². The second-order valence-corrected chi connectivity index (χ2v) is 5.31. The lowest BCUT2D eigenvalue weighted by Gasteiger charge is -2.23. The number of carbonyl (C=O) groups excluding carboxylic acids is 1. The molecule has 2 N–H and O–H groups in total. The SMILES string of the molecule is CC(C)(C)OC(=O)C(CN)c1ccc(Cl)cc1. The Morgan fingerprint density at radius 3 is 2.29 bits per heavy atom. The third kappa shape index (κ3) is 4.36. The zero-order chi connectivity index (χ0) is 13.1. The van der Waals surface area contributed by atoms with Crippen LogP contribution in [-0.2, 0) is 9.53 Å². The molecule has 4 heteroatoms. The maximum Gasteiger partial charge on any atom is 0.315 e. The number of hydrogen-bond acceptors (Lipinski definition) is 3. The van der Waals surface area contributed by atoms with Crippen LogP contribution in [0.5, 0.6) is 0 Å². The second-order valence-electron chi connectivity index (χ2n) is 4.87. The number of benzene rings is 1. The first-order chi connectivity index (χ1) is 7.83. The summed E-state index contributed by atoms with van der Waals surface area (Å²) in [5.74, 6) is -0.742. The van der Waals surface area contributed by atoms with Crippen molar-refractivity contribution in [1.82, 2.24) is 0 Å². The van der Waals surface area contributed by atoms with Crippen molar-refractivity contribution in [3.63, 3.8) is 0 Å². The Morgan fingerprint density at radius 1 is 1.35 bits per heavy atom. The maximum absolute atomic E-state index is 11.9. The molecular formula is C13H18ClNO2. The smallest absolute Gasteiger partial charge is 0.315 e. The summed E-state index contributed by atoms with van der Waals surface area (Å²) in [7, 11) is 0. The van der Waals surface area contributed by atoms with Gasteiger partial charge in [0.1, 0.15) is 5.60 Å². The summed E-state index contributed by atoms with van der Waals surface area (Å²) < 4.78 is 5.32. The van der Waals surface area contributed by atoms with E-state index in [0.717, 1.165) is 5.56 Å². The van der Waals surface area contributed by atoms with Crippen molar-refractivity contribution in [2.45, 2.75) is 32.3 Å². The fraction of sp³-hybridized carbons (Fsp3) is 0.462. The molecule has 0 heterocycles. The van der Waals surface area contributed by atoms with Gasteiger partial charge < -0.3 is 10.5 Å². The summed E-state index contributed by atoms with van der Waals surface area (Å²) >= 11 is 5.80. The summed E-state index contributed by atoms with van der Waals surface area (Å²) in [6.45, 7) is 5.72. The fourth-order valence-corrected chi connectivity index (χ4v) is 1.56. The summed E-state index contributed by atoms with van der Waals surface area (Å²) in [5, 5.41) is 0.633. The number of carbonyl (C=O) groups is 1. The third-order valence-corrected chi connectivity index (χ3v) is 2.45. The van der Waals surface area contributed by atoms with Crippen molar-refractivity contribution in [3.05, 3.63) is 34.9 Å². The van der Waals surface area contributed by atoms with Gasteiger partial charge in [-0.15, -0.1) is 0 Å². The highest BCUT2D eigenvalue weighted by Gasteiger charge is 2.25. The Kier molecular flexibility index (Phi) is 4.54. The zero-order valence-corrected chi connectivity index (χ0v) is 11.1. The number of hydrogen-bond donors (Lipinski definition) is 1. The predicted octanol–water partition coefficient (Wildman–Crippen LogP) is 2.72. The molecule has 94 valence electrons. The highest BCUT2D eigenvalue weighted by molar-refractivity contribution is 6.30. The van der Waals surface area contributed by atoms with Gasteiger partial charge in [-0.25, -0.2) is 0 Å². The van der Waals surface area contributed by atoms with Gasteiger partial charge in [-0.05, 0) is 38.5 Å². The molecule has 1 aromatic carbocycles. The van der Waals surface area contributed by atoms with Crippen molar-refractivity contribution in [3.8, 4) is 0 Å². The first-order valence-corrected chi connectivity index (χ1v) is 5.89. The van der Waals surface area contributed by atoms with Crippen LogP contribution in [-0.4, -0.2) is 18.1 Å². The van der Waals surface area contributed by atoms with E-state index < -0.39 is 11.5 Å². The van der Waals surface area contributed by atoms with Gasteiger partial charge in [0.25, 0.3) is 0 Å². The van der Waals surface area contributed by atoms with Crippen molar-refractivity contribution in [1.29, 1.82) is 0 Å². The number of rotatable bonds is 3. The van der Waals surface area contributed by atoms with Crippen LogP contribution in [0.25, 0.3) is 0 Å². The average molecular weight is 256 g/mol. The molecule has 0 aliphatic rings. The molecule has 1 aromatic rings. The van der Waals surface area contributed by atoms with Crippen LogP contribution in [0.2, 0.25) is 5.02 Å². The Morgan fingerprint density at radius 2 is 1.88 bits per heavy atom. The largest absolute Gasteiger partial charge is 0.459 e. The van der Waals surface area contributed by atoms with Crippen molar-refractivity contribution < 1.29 is 9.53 Å². The maximum atomic E-state index is 11.9. The monoisotopic (exact) mass is 255 g/mol. The molecule has 0 aromatic heterocycles. The molecule has 0 saturated heterocycles. The van der Waals surface area contributed by atoms with Crippen molar-refractivity contribution >= 4 is 17.6 Å². The lowest BCUT2D eigenvalue weighted by atomic mass is 9.99. The minimum absolute atomic E-state index is 0.219. The van der Waals surface area contributed by atoms with E-state index in [1.54, 1.807) is 24.3 Å². The van der Waals surface area contributed by atoms with Gasteiger partial charge in [0.15, 0.2) is 0 Å². The van der Waals surface area contributed by atoms with E-state index in [0.29, 0.717) is 5.02 Å². The molecular weight excluding hydrogens is 238 g/mol. The molecule has 0 saturated carbocycles. The van der Waals surface area contributed by atoms with Crippen LogP contribution in [0.1, 0.15) is 32.3 Å². The third-order valence-electron chi connectivity index (χ3n) is 2.20. The lowest BCUT2D eigenvalue weighted by Crippen LogP contribution is -2.31. The summed E-state index contributed by atoms with van der Waals surface area (Å²) in [6.07, 6.45) is 0. The molecule has 0 aliphatic heterocycles. The van der Waals surface area contributed by atoms with E-state index in [4.69, 9.17) is 22.1 Å². The quantitative estimate of drug-likeness (QED) is 0.845. The molecule has 0 fully saturated rings. The van der Waals surface area contributed by atoms with Crippen LogP contribution < -0.4 is 5.73 Å². The van der Waals surface area contributed by atoms with Gasteiger partial charge in [-0.3, -0.25) is 4.79 Å². The Hall–Kier alpha value is -1.06. The van der Waals surface area contributed by atoms with E-state index in [1.165, 1.54) is 0 Å². The second kappa shape index (κ2) is 5.52. The Balaban J connectivity index is 2.84. The summed E-state index contributed by atoms with van der Waals surface area (Å²) in [6, 6.07) is 7.07. The van der Waals surface area contributed by atoms with E-state index in [2.05, 4.69) is 0 Å². The topological polar surface area (TPSA) is 52.3 Å². The molecule has 0 bridgehead atoms. The first kappa shape index (κ1) is 14.0. The van der Waals surface area contributed by atoms with E-state index in [9.17, 15) is 4.79 Å². The van der Waals surface area contributed by atoms with Gasteiger partial charge in [0.2, 0.25) is 0 Å². The number of halogens is 1. The number of ether oxygens (including phenoxy) is 1. The van der Waals surface area contributed by atoms with Crippen LogP contribution >= 0.6 is 11.6 Å². The standard InChI is InChI=1S/C13H18ClNO2/c1-13(2,3)17-12(16)11(8-15)9-4-6-10(14)7-5-9/h4-7,11H,8,15H2,1-3H3. The molecule has 1 unspecified atom stereocenters. The fourth-order valence-electron chi connectivity index (χ4n) is 1.44. The number of esters is 1. The Labute approximate surface area is 107 Å². The molecule has 3 nitrogen and oxygen atoms in total. The highest BCUT2D eigenvalue weighted by atomic mass is 35.5. The summed E-state index contributed by atoms with van der Waals surface area (Å²) in [5.41, 5.74) is 5.95. The first-order valence-electron chi connectivity index (χ1n) is 5.52. The molecule has 0 spiro atoms. The lowest BCUT2D eigenvalue weighted by molar-refractivity contribution is -0.156. The van der Waals surface area contributed by atoms with Crippen LogP contribution in [0.3, 0.4) is 0 Å². The molecule has 0 aliphatic carbocycles. The van der Waals surface area contributed by atoms with Crippen LogP contribution in [0.15, 0.2) is 24.3 Å². The average Bonchev–Trinajstić information content (AvgIpc) is 2.19. The van der Waals surface area contributed by atoms with Gasteiger partial charge in [-0.2, -0.15) is 0 Å². The van der Waals surface area contributed by atoms with Crippen molar-refractivity contribution in [2.75, 3.05) is 6.54 Å². The van der Waals surface area contributed by atoms with Gasteiger partial charge in [0, 0.05) is 11.6 Å². The van der Waals surface area contributed by atoms with Gasteiger partial charge >= 0.3 is 5.97 Å². The van der Waals surface area contributed by atoms with Crippen molar-refractivity contribution in [2.24, 2.45) is 5.73 Å². The Bertz CT molecular complexity index is 381. The normalized spacial score (nSPS) is 13.2. The number of nitrogens with two attached hydrogens (primary N) is 1. The molecule has 0 amide bonds. The molecule has 1 rings (SSSR count). The van der Waals surface area contributed by atoms with Crippen LogP contribution in [0.4, 0.5) is 0 Å². The van der Waals surface area contributed by atoms with Gasteiger partial charge in [0.05, 0.1) is 5.92 Å². The minimum Gasteiger partial charge on any atom is -0.459 e. The molecule has 0 radical (unpaired) electrons. The predicted molar refractivity (Wildman–Crippen MR) is 69.1 cm³/mol. The highest BCUT2D eigenvalue weighted by Crippen LogP contribution is 2.21. The molecule has 1 atom stereocenters. The minimum atomic E-state index is -0.503. The van der Waals surface area contributed by atoms with Crippen LogP contribution in [0, 0.1) is 0 Å². The van der Waals surface area contributed by atoms with Gasteiger partial charge in [-0.1, -0.05) is 23.7 Å². The summed E-state index contributed by atoms with van der Waals surface area (Å²) in [4.78, 5) is 11.9. The molecule has 17 heavy (non-hydrogen) atoms. The van der Waals surface area contributed by atoms with E-state index in [1.807, 2.05) is 20.8 Å². The zero-order valence-electron chi connectivity index (χ0n) is 10.4. The van der Waals surface area contributed by atoms with E-state index in [-0.39, 0.29) is 12.5 Å².